The topological polar surface area (TPSA) is 48.9 Å². The first-order chi connectivity index (χ1) is 12.5. The molecular weight excluding hydrogens is 324 g/mol. The molecule has 1 rings (SSSR count). The van der Waals surface area contributed by atoms with Crippen molar-refractivity contribution in [2.75, 3.05) is 40.3 Å². The second kappa shape index (κ2) is 12.6. The van der Waals surface area contributed by atoms with Gasteiger partial charge in [-0.25, -0.2) is 0 Å². The van der Waals surface area contributed by atoms with Crippen LogP contribution in [0.3, 0.4) is 0 Å². The predicted octanol–water partition coefficient (Wildman–Crippen LogP) is 3.22. The average molecular weight is 363 g/mol. The molecule has 1 atom stereocenters. The lowest BCUT2D eigenvalue weighted by molar-refractivity contribution is 0.292. The lowest BCUT2D eigenvalue weighted by atomic mass is 10.1. The molecule has 148 valence electrons. The maximum absolute atomic E-state index is 5.40. The van der Waals surface area contributed by atoms with Crippen molar-refractivity contribution in [1.29, 1.82) is 0 Å². The number of rotatable bonds is 11. The zero-order valence-electron chi connectivity index (χ0n) is 17.6. The fourth-order valence-corrected chi connectivity index (χ4v) is 3.01. The van der Waals surface area contributed by atoms with E-state index in [2.05, 4.69) is 66.4 Å². The molecule has 2 N–H and O–H groups in total. The molecule has 0 bridgehead atoms. The van der Waals surface area contributed by atoms with Crippen LogP contribution in [0.25, 0.3) is 0 Å². The van der Waals surface area contributed by atoms with Crippen LogP contribution in [0.15, 0.2) is 23.2 Å². The lowest BCUT2D eigenvalue weighted by Gasteiger charge is -2.21. The van der Waals surface area contributed by atoms with Gasteiger partial charge in [0.05, 0.1) is 7.11 Å². The molecule has 0 spiro atoms. The molecule has 5 heteroatoms. The van der Waals surface area contributed by atoms with Gasteiger partial charge in [0.15, 0.2) is 5.96 Å². The predicted molar refractivity (Wildman–Crippen MR) is 112 cm³/mol. The molecule has 1 aromatic rings. The van der Waals surface area contributed by atoms with E-state index < -0.39 is 0 Å². The number of nitrogens with zero attached hydrogens (tertiary/aromatic N) is 2. The molecule has 0 saturated heterocycles. The highest BCUT2D eigenvalue weighted by Gasteiger charge is 2.07. The van der Waals surface area contributed by atoms with Crippen LogP contribution in [0, 0.1) is 6.92 Å². The molecule has 0 amide bonds. The van der Waals surface area contributed by atoms with Gasteiger partial charge in [-0.2, -0.15) is 0 Å². The van der Waals surface area contributed by atoms with Crippen molar-refractivity contribution in [1.82, 2.24) is 15.5 Å². The molecule has 1 aromatic carbocycles. The highest BCUT2D eigenvalue weighted by Crippen LogP contribution is 2.18. The van der Waals surface area contributed by atoms with Crippen molar-refractivity contribution in [3.8, 4) is 5.75 Å². The van der Waals surface area contributed by atoms with Crippen LogP contribution < -0.4 is 15.4 Å². The van der Waals surface area contributed by atoms with E-state index in [1.165, 1.54) is 24.1 Å². The van der Waals surface area contributed by atoms with E-state index in [1.807, 2.05) is 7.05 Å². The van der Waals surface area contributed by atoms with Crippen LogP contribution in [0.4, 0.5) is 0 Å². The molecule has 0 radical (unpaired) electrons. The standard InChI is InChI=1S/C21H38N4O/c1-7-25(8-2)15-9-10-18(4)24-21(22-5)23-14-13-19-12-11-17(3)20(16-19)26-6/h11-12,16,18H,7-10,13-15H2,1-6H3,(H2,22,23,24). The first-order valence-corrected chi connectivity index (χ1v) is 9.87. The Labute approximate surface area is 160 Å². The Bertz CT molecular complexity index is 541. The molecule has 0 fully saturated rings. The van der Waals surface area contributed by atoms with Crippen molar-refractivity contribution in [2.24, 2.45) is 4.99 Å². The van der Waals surface area contributed by atoms with Crippen LogP contribution in [-0.2, 0) is 6.42 Å². The summed E-state index contributed by atoms with van der Waals surface area (Å²) in [6.45, 7) is 13.0. The maximum Gasteiger partial charge on any atom is 0.191 e. The number of ether oxygens (including phenoxy) is 1. The van der Waals surface area contributed by atoms with Crippen LogP contribution >= 0.6 is 0 Å². The zero-order valence-corrected chi connectivity index (χ0v) is 17.6. The van der Waals surface area contributed by atoms with Crippen molar-refractivity contribution in [3.63, 3.8) is 0 Å². The molecular formula is C21H38N4O. The Morgan fingerprint density at radius 2 is 2.00 bits per heavy atom. The molecule has 0 aliphatic carbocycles. The number of aliphatic imine (C=N–C) groups is 1. The van der Waals surface area contributed by atoms with E-state index in [1.54, 1.807) is 7.11 Å². The molecule has 5 nitrogen and oxygen atoms in total. The van der Waals surface area contributed by atoms with Crippen molar-refractivity contribution in [3.05, 3.63) is 29.3 Å². The van der Waals surface area contributed by atoms with Crippen molar-refractivity contribution >= 4 is 5.96 Å². The molecule has 0 heterocycles. The summed E-state index contributed by atoms with van der Waals surface area (Å²) in [7, 11) is 3.55. The minimum Gasteiger partial charge on any atom is -0.496 e. The van der Waals surface area contributed by atoms with Crippen molar-refractivity contribution < 1.29 is 4.74 Å². The summed E-state index contributed by atoms with van der Waals surface area (Å²) < 4.78 is 5.40. The Morgan fingerprint density at radius 3 is 2.62 bits per heavy atom. The first kappa shape index (κ1) is 22.3. The average Bonchev–Trinajstić information content (AvgIpc) is 2.65. The number of methoxy groups -OCH3 is 1. The van der Waals surface area contributed by atoms with E-state index in [0.29, 0.717) is 6.04 Å². The van der Waals surface area contributed by atoms with Gasteiger partial charge in [-0.3, -0.25) is 4.99 Å². The zero-order chi connectivity index (χ0) is 19.4. The molecule has 0 saturated carbocycles. The SMILES string of the molecule is CCN(CC)CCCC(C)NC(=NC)NCCc1ccc(C)c(OC)c1. The number of guanidine groups is 1. The van der Waals surface area contributed by atoms with Gasteiger partial charge in [0.25, 0.3) is 0 Å². The van der Waals surface area contributed by atoms with Gasteiger partial charge >= 0.3 is 0 Å². The summed E-state index contributed by atoms with van der Waals surface area (Å²) in [5.74, 6) is 1.83. The highest BCUT2D eigenvalue weighted by molar-refractivity contribution is 5.79. The number of hydrogen-bond donors (Lipinski definition) is 2. The molecule has 0 aromatic heterocycles. The summed E-state index contributed by atoms with van der Waals surface area (Å²) in [6.07, 6.45) is 3.29. The third-order valence-electron chi connectivity index (χ3n) is 4.79. The Morgan fingerprint density at radius 1 is 1.27 bits per heavy atom. The van der Waals surface area contributed by atoms with Gasteiger partial charge < -0.3 is 20.3 Å². The molecule has 26 heavy (non-hydrogen) atoms. The third-order valence-corrected chi connectivity index (χ3v) is 4.79. The minimum atomic E-state index is 0.413. The quantitative estimate of drug-likeness (QED) is 0.469. The fourth-order valence-electron chi connectivity index (χ4n) is 3.01. The number of benzene rings is 1. The molecule has 0 aliphatic heterocycles. The van der Waals surface area contributed by atoms with E-state index >= 15 is 0 Å². The van der Waals surface area contributed by atoms with Crippen molar-refractivity contribution in [2.45, 2.75) is 53.0 Å². The minimum absolute atomic E-state index is 0.413. The van der Waals surface area contributed by atoms with Gasteiger partial charge in [-0.1, -0.05) is 26.0 Å². The summed E-state index contributed by atoms with van der Waals surface area (Å²) in [5, 5.41) is 6.90. The van der Waals surface area contributed by atoms with Crippen LogP contribution in [0.5, 0.6) is 5.75 Å². The first-order valence-electron chi connectivity index (χ1n) is 9.87. The van der Waals surface area contributed by atoms with Crippen LogP contribution in [0.1, 0.15) is 44.7 Å². The second-order valence-electron chi connectivity index (χ2n) is 6.77. The third kappa shape index (κ3) is 8.09. The van der Waals surface area contributed by atoms with Gasteiger partial charge in [-0.15, -0.1) is 0 Å². The number of aryl methyl sites for hydroxylation is 1. The number of nitrogens with one attached hydrogen (secondary N) is 2. The summed E-state index contributed by atoms with van der Waals surface area (Å²) in [4.78, 5) is 6.81. The van der Waals surface area contributed by atoms with Gasteiger partial charge in [-0.05, 0) is 69.9 Å². The Hall–Kier alpha value is -1.75. The number of hydrogen-bond acceptors (Lipinski definition) is 3. The monoisotopic (exact) mass is 362 g/mol. The summed E-state index contributed by atoms with van der Waals surface area (Å²) >= 11 is 0. The van der Waals surface area contributed by atoms with Gasteiger partial charge in [0.1, 0.15) is 5.75 Å². The van der Waals surface area contributed by atoms with E-state index in [9.17, 15) is 0 Å². The van der Waals surface area contributed by atoms with E-state index in [4.69, 9.17) is 4.74 Å². The van der Waals surface area contributed by atoms with E-state index in [-0.39, 0.29) is 0 Å². The summed E-state index contributed by atoms with van der Waals surface area (Å²) in [5.41, 5.74) is 2.43. The Balaban J connectivity index is 2.34. The normalized spacial score (nSPS) is 13.0. The van der Waals surface area contributed by atoms with Gasteiger partial charge in [0, 0.05) is 19.6 Å². The molecule has 0 aliphatic rings. The molecule has 1 unspecified atom stereocenters. The lowest BCUT2D eigenvalue weighted by Crippen LogP contribution is -2.43. The fraction of sp³-hybridized carbons (Fsp3) is 0.667. The largest absolute Gasteiger partial charge is 0.496 e. The van der Waals surface area contributed by atoms with Crippen LogP contribution in [-0.4, -0.2) is 57.2 Å². The van der Waals surface area contributed by atoms with Crippen LogP contribution in [0.2, 0.25) is 0 Å². The maximum atomic E-state index is 5.40. The second-order valence-corrected chi connectivity index (χ2v) is 6.77. The van der Waals surface area contributed by atoms with E-state index in [0.717, 1.165) is 44.2 Å². The van der Waals surface area contributed by atoms with Gasteiger partial charge in [0.2, 0.25) is 0 Å². The Kier molecular flexibility index (Phi) is 10.8. The smallest absolute Gasteiger partial charge is 0.191 e. The summed E-state index contributed by atoms with van der Waals surface area (Å²) in [6, 6.07) is 6.80. The highest BCUT2D eigenvalue weighted by atomic mass is 16.5.